The van der Waals surface area contributed by atoms with Crippen molar-refractivity contribution in [3.63, 3.8) is 0 Å². The highest BCUT2D eigenvalue weighted by Crippen LogP contribution is 2.27. The van der Waals surface area contributed by atoms with Crippen LogP contribution in [-0.2, 0) is 6.42 Å². The summed E-state index contributed by atoms with van der Waals surface area (Å²) in [6, 6.07) is 8.05. The molecule has 0 bridgehead atoms. The minimum Gasteiger partial charge on any atom is -0.382 e. The molecule has 1 nitrogen and oxygen atoms in total. The first-order valence-electron chi connectivity index (χ1n) is 4.68. The molecule has 0 aromatic heterocycles. The molecule has 0 fully saturated rings. The lowest BCUT2D eigenvalue weighted by Crippen LogP contribution is -2.26. The normalized spacial score (nSPS) is 27.2. The van der Waals surface area contributed by atoms with Gasteiger partial charge in [0.25, 0.3) is 0 Å². The maximum atomic E-state index is 13.6. The quantitative estimate of drug-likeness (QED) is 0.645. The lowest BCUT2D eigenvalue weighted by molar-refractivity contribution is 0.195. The van der Waals surface area contributed by atoms with Crippen molar-refractivity contribution in [2.75, 3.05) is 11.9 Å². The Balaban J connectivity index is 2.27. The summed E-state index contributed by atoms with van der Waals surface area (Å²) in [5.41, 5.74) is 1.24. The summed E-state index contributed by atoms with van der Waals surface area (Å²) < 4.78 is 13.6. The van der Waals surface area contributed by atoms with Gasteiger partial charge in [-0.05, 0) is 31.4 Å². The van der Waals surface area contributed by atoms with Crippen molar-refractivity contribution in [3.05, 3.63) is 29.8 Å². The second-order valence-corrected chi connectivity index (χ2v) is 3.92. The molecule has 13 heavy (non-hydrogen) atoms. The van der Waals surface area contributed by atoms with Crippen molar-refractivity contribution in [3.8, 4) is 0 Å². The number of rotatable bonds is 0. The Hall–Kier alpha value is -1.05. The number of halogens is 1. The van der Waals surface area contributed by atoms with E-state index in [9.17, 15) is 4.39 Å². The number of anilines is 1. The number of hydrogen-bond acceptors (Lipinski definition) is 1. The zero-order valence-corrected chi connectivity index (χ0v) is 7.81. The third-order valence-corrected chi connectivity index (χ3v) is 2.58. The van der Waals surface area contributed by atoms with E-state index in [-0.39, 0.29) is 0 Å². The van der Waals surface area contributed by atoms with Crippen LogP contribution in [0, 0.1) is 0 Å². The summed E-state index contributed by atoms with van der Waals surface area (Å²) in [7, 11) is 0. The molecule has 1 heterocycles. The van der Waals surface area contributed by atoms with E-state index >= 15 is 0 Å². The van der Waals surface area contributed by atoms with Gasteiger partial charge in [0.15, 0.2) is 0 Å². The van der Waals surface area contributed by atoms with Gasteiger partial charge in [-0.15, -0.1) is 0 Å². The molecule has 0 aliphatic carbocycles. The number of alkyl halides is 1. The fourth-order valence-corrected chi connectivity index (χ4v) is 1.67. The molecule has 0 saturated carbocycles. The summed E-state index contributed by atoms with van der Waals surface area (Å²) in [6.07, 6.45) is 1.44. The summed E-state index contributed by atoms with van der Waals surface area (Å²) in [5, 5.41) is 3.14. The molecule has 70 valence electrons. The first kappa shape index (κ1) is 8.54. The van der Waals surface area contributed by atoms with Gasteiger partial charge in [-0.25, -0.2) is 4.39 Å². The fraction of sp³-hybridized carbons (Fsp3) is 0.455. The second-order valence-electron chi connectivity index (χ2n) is 3.92. The van der Waals surface area contributed by atoms with Gasteiger partial charge < -0.3 is 5.32 Å². The molecular formula is C11H14FN. The maximum absolute atomic E-state index is 13.6. The van der Waals surface area contributed by atoms with Gasteiger partial charge in [0, 0.05) is 12.2 Å². The van der Waals surface area contributed by atoms with E-state index in [1.165, 1.54) is 5.56 Å². The van der Waals surface area contributed by atoms with E-state index in [0.29, 0.717) is 13.0 Å². The first-order chi connectivity index (χ1) is 6.17. The molecule has 1 N–H and O–H groups in total. The lowest BCUT2D eigenvalue weighted by Gasteiger charge is -2.17. The second kappa shape index (κ2) is 3.02. The fourth-order valence-electron chi connectivity index (χ4n) is 1.67. The average Bonchev–Trinajstić information content (AvgIpc) is 2.27. The zero-order chi connectivity index (χ0) is 9.31. The van der Waals surface area contributed by atoms with Crippen LogP contribution in [0.5, 0.6) is 0 Å². The van der Waals surface area contributed by atoms with Crippen LogP contribution < -0.4 is 5.32 Å². The average molecular weight is 179 g/mol. The predicted molar refractivity (Wildman–Crippen MR) is 52.8 cm³/mol. The Bertz CT molecular complexity index is 278. The molecule has 0 spiro atoms. The zero-order valence-electron chi connectivity index (χ0n) is 7.81. The lowest BCUT2D eigenvalue weighted by atomic mass is 10.0. The smallest absolute Gasteiger partial charge is 0.125 e. The first-order valence-corrected chi connectivity index (χ1v) is 4.68. The van der Waals surface area contributed by atoms with E-state index < -0.39 is 5.67 Å². The Kier molecular flexibility index (Phi) is 1.98. The highest BCUT2D eigenvalue weighted by Gasteiger charge is 2.25. The molecule has 1 aliphatic heterocycles. The molecule has 1 aromatic carbocycles. The number of fused-ring (bicyclic) bond motifs is 1. The molecule has 1 atom stereocenters. The van der Waals surface area contributed by atoms with Crippen LogP contribution in [-0.4, -0.2) is 12.2 Å². The summed E-state index contributed by atoms with van der Waals surface area (Å²) >= 11 is 0. The monoisotopic (exact) mass is 179 g/mol. The minimum absolute atomic E-state index is 0.421. The van der Waals surface area contributed by atoms with Gasteiger partial charge in [0.1, 0.15) is 5.67 Å². The van der Waals surface area contributed by atoms with E-state index in [4.69, 9.17) is 0 Å². The minimum atomic E-state index is -1.07. The molecule has 2 rings (SSSR count). The summed E-state index contributed by atoms with van der Waals surface area (Å²) in [5.74, 6) is 0. The molecule has 0 amide bonds. The number of para-hydroxylation sites is 1. The van der Waals surface area contributed by atoms with Crippen LogP contribution in [0.2, 0.25) is 0 Å². The van der Waals surface area contributed by atoms with Gasteiger partial charge in [0.05, 0.1) is 0 Å². The Morgan fingerprint density at radius 1 is 1.38 bits per heavy atom. The van der Waals surface area contributed by atoms with Crippen LogP contribution in [0.1, 0.15) is 18.9 Å². The van der Waals surface area contributed by atoms with Gasteiger partial charge in [-0.1, -0.05) is 18.2 Å². The van der Waals surface area contributed by atoms with Crippen LogP contribution in [0.25, 0.3) is 0 Å². The van der Waals surface area contributed by atoms with Gasteiger partial charge in [-0.2, -0.15) is 0 Å². The number of aryl methyl sites for hydroxylation is 1. The third-order valence-electron chi connectivity index (χ3n) is 2.58. The highest BCUT2D eigenvalue weighted by atomic mass is 19.1. The SMILES string of the molecule is CC1(F)CCc2ccccc2NC1. The van der Waals surface area contributed by atoms with Crippen molar-refractivity contribution in [2.24, 2.45) is 0 Å². The topological polar surface area (TPSA) is 12.0 Å². The third kappa shape index (κ3) is 1.82. The molecule has 0 saturated heterocycles. The van der Waals surface area contributed by atoms with Crippen molar-refractivity contribution < 1.29 is 4.39 Å². The van der Waals surface area contributed by atoms with Crippen LogP contribution in [0.3, 0.4) is 0 Å². The molecule has 1 aliphatic rings. The summed E-state index contributed by atoms with van der Waals surface area (Å²) in [6.45, 7) is 2.08. The Morgan fingerprint density at radius 3 is 3.00 bits per heavy atom. The van der Waals surface area contributed by atoms with Crippen molar-refractivity contribution >= 4 is 5.69 Å². The largest absolute Gasteiger partial charge is 0.382 e. The van der Waals surface area contributed by atoms with Gasteiger partial charge >= 0.3 is 0 Å². The number of benzene rings is 1. The van der Waals surface area contributed by atoms with E-state index in [1.807, 2.05) is 18.2 Å². The number of nitrogens with one attached hydrogen (secondary N) is 1. The molecular weight excluding hydrogens is 165 g/mol. The number of hydrogen-bond donors (Lipinski definition) is 1. The molecule has 0 radical (unpaired) electrons. The van der Waals surface area contributed by atoms with E-state index in [0.717, 1.165) is 12.1 Å². The molecule has 1 unspecified atom stereocenters. The van der Waals surface area contributed by atoms with Crippen LogP contribution in [0.4, 0.5) is 10.1 Å². The molecule has 1 aromatic rings. The maximum Gasteiger partial charge on any atom is 0.125 e. The Morgan fingerprint density at radius 2 is 2.15 bits per heavy atom. The van der Waals surface area contributed by atoms with Crippen LogP contribution in [0.15, 0.2) is 24.3 Å². The van der Waals surface area contributed by atoms with Gasteiger partial charge in [-0.3, -0.25) is 0 Å². The predicted octanol–water partition coefficient (Wildman–Crippen LogP) is 2.77. The van der Waals surface area contributed by atoms with Crippen LogP contribution >= 0.6 is 0 Å². The standard InChI is InChI=1S/C11H14FN/c1-11(12)7-6-9-4-2-3-5-10(9)13-8-11/h2-5,13H,6-8H2,1H3. The van der Waals surface area contributed by atoms with Crippen molar-refractivity contribution in [1.29, 1.82) is 0 Å². The van der Waals surface area contributed by atoms with Gasteiger partial charge in [0.2, 0.25) is 0 Å². The molecule has 2 heteroatoms. The van der Waals surface area contributed by atoms with Crippen molar-refractivity contribution in [2.45, 2.75) is 25.4 Å². The van der Waals surface area contributed by atoms with Crippen molar-refractivity contribution in [1.82, 2.24) is 0 Å². The van der Waals surface area contributed by atoms with E-state index in [2.05, 4.69) is 11.4 Å². The Labute approximate surface area is 78.0 Å². The summed E-state index contributed by atoms with van der Waals surface area (Å²) in [4.78, 5) is 0. The highest BCUT2D eigenvalue weighted by molar-refractivity contribution is 5.52. The van der Waals surface area contributed by atoms with E-state index in [1.54, 1.807) is 6.92 Å².